The summed E-state index contributed by atoms with van der Waals surface area (Å²) in [5, 5.41) is 11.8. The third kappa shape index (κ3) is 1.84. The van der Waals surface area contributed by atoms with Gasteiger partial charge in [0.25, 0.3) is 0 Å². The predicted molar refractivity (Wildman–Crippen MR) is 63.7 cm³/mol. The van der Waals surface area contributed by atoms with Crippen LogP contribution in [0.4, 0.5) is 5.69 Å². The molecule has 1 aromatic rings. The summed E-state index contributed by atoms with van der Waals surface area (Å²) in [5.74, 6) is -1.15. The van der Waals surface area contributed by atoms with Gasteiger partial charge in [0.05, 0.1) is 6.61 Å². The summed E-state index contributed by atoms with van der Waals surface area (Å²) in [6.45, 7) is 1.79. The van der Waals surface area contributed by atoms with Gasteiger partial charge in [-0.3, -0.25) is 4.79 Å². The molecule has 0 fully saturated rings. The third-order valence-electron chi connectivity index (χ3n) is 2.50. The van der Waals surface area contributed by atoms with Gasteiger partial charge in [0, 0.05) is 11.3 Å². The molecule has 5 nitrogen and oxygen atoms in total. The first-order chi connectivity index (χ1) is 8.69. The number of nitrogens with one attached hydrogen (secondary N) is 1. The monoisotopic (exact) mass is 242 g/mol. The molecule has 1 aliphatic rings. The van der Waals surface area contributed by atoms with Crippen molar-refractivity contribution in [2.24, 2.45) is 0 Å². The number of anilines is 1. The van der Waals surface area contributed by atoms with E-state index in [-0.39, 0.29) is 23.7 Å². The van der Waals surface area contributed by atoms with E-state index in [1.54, 1.807) is 37.3 Å². The molecule has 90 valence electrons. The number of ketones is 1. The van der Waals surface area contributed by atoms with Gasteiger partial charge in [0.15, 0.2) is 5.57 Å². The molecule has 1 aromatic carbocycles. The number of allylic oxidation sites excluding steroid dienone is 1. The summed E-state index contributed by atoms with van der Waals surface area (Å²) in [6, 6.07) is 8.54. The van der Waals surface area contributed by atoms with Crippen molar-refractivity contribution < 1.29 is 14.3 Å². The van der Waals surface area contributed by atoms with Crippen molar-refractivity contribution in [1.82, 2.24) is 0 Å². The number of carbonyl (C=O) groups excluding carboxylic acids is 2. The summed E-state index contributed by atoms with van der Waals surface area (Å²) in [6.07, 6.45) is 0. The van der Waals surface area contributed by atoms with Crippen LogP contribution in [0.2, 0.25) is 0 Å². The van der Waals surface area contributed by atoms with Crippen molar-refractivity contribution in [1.29, 1.82) is 5.26 Å². The summed E-state index contributed by atoms with van der Waals surface area (Å²) >= 11 is 0. The van der Waals surface area contributed by atoms with Crippen molar-refractivity contribution in [2.45, 2.75) is 6.92 Å². The number of hydrogen-bond acceptors (Lipinski definition) is 5. The minimum atomic E-state index is -0.788. The Labute approximate surface area is 104 Å². The number of esters is 1. The molecular formula is C13H10N2O3. The van der Waals surface area contributed by atoms with E-state index < -0.39 is 5.97 Å². The van der Waals surface area contributed by atoms with Crippen LogP contribution in [0.5, 0.6) is 0 Å². The van der Waals surface area contributed by atoms with E-state index in [1.165, 1.54) is 0 Å². The average Bonchev–Trinajstić information content (AvgIpc) is 2.69. The fourth-order valence-corrected chi connectivity index (χ4v) is 1.70. The van der Waals surface area contributed by atoms with E-state index in [9.17, 15) is 9.59 Å². The minimum absolute atomic E-state index is 0.0165. The zero-order valence-electron chi connectivity index (χ0n) is 9.69. The van der Waals surface area contributed by atoms with E-state index in [4.69, 9.17) is 10.00 Å². The first-order valence-electron chi connectivity index (χ1n) is 5.41. The Morgan fingerprint density at radius 3 is 2.78 bits per heavy atom. The Balaban J connectivity index is 2.45. The Bertz CT molecular complexity index is 596. The van der Waals surface area contributed by atoms with Gasteiger partial charge in [-0.25, -0.2) is 4.79 Å². The van der Waals surface area contributed by atoms with Gasteiger partial charge < -0.3 is 10.1 Å². The number of Topliss-reactive ketones (excluding diaryl/α,β-unsaturated/α-hetero) is 1. The third-order valence-corrected chi connectivity index (χ3v) is 2.50. The first kappa shape index (κ1) is 11.9. The molecule has 18 heavy (non-hydrogen) atoms. The van der Waals surface area contributed by atoms with Crippen LogP contribution < -0.4 is 5.32 Å². The van der Waals surface area contributed by atoms with Crippen LogP contribution in [0.3, 0.4) is 0 Å². The predicted octanol–water partition coefficient (Wildman–Crippen LogP) is 1.64. The molecule has 0 saturated heterocycles. The largest absolute Gasteiger partial charge is 0.462 e. The van der Waals surface area contributed by atoms with E-state index in [2.05, 4.69) is 5.32 Å². The summed E-state index contributed by atoms with van der Waals surface area (Å²) in [5.41, 5.74) is 0.731. The van der Waals surface area contributed by atoms with E-state index >= 15 is 0 Å². The standard InChI is InChI=1S/C13H10N2O3/c1-2-18-13(17)9(7-14)11-12(16)8-5-3-4-6-10(8)15-11/h3-6,15H,2H2,1H3. The lowest BCUT2D eigenvalue weighted by molar-refractivity contribution is -0.138. The molecule has 1 heterocycles. The first-order valence-corrected chi connectivity index (χ1v) is 5.41. The van der Waals surface area contributed by atoms with Crippen molar-refractivity contribution in [3.63, 3.8) is 0 Å². The van der Waals surface area contributed by atoms with Gasteiger partial charge in [0.2, 0.25) is 5.78 Å². The number of rotatable bonds is 2. The van der Waals surface area contributed by atoms with Crippen LogP contribution in [0.1, 0.15) is 17.3 Å². The number of benzene rings is 1. The zero-order chi connectivity index (χ0) is 13.1. The highest BCUT2D eigenvalue weighted by Gasteiger charge is 2.30. The molecule has 5 heteroatoms. The molecule has 0 aliphatic carbocycles. The van der Waals surface area contributed by atoms with Gasteiger partial charge in [-0.15, -0.1) is 0 Å². The quantitative estimate of drug-likeness (QED) is 0.484. The summed E-state index contributed by atoms with van der Waals surface area (Å²) in [7, 11) is 0. The highest BCUT2D eigenvalue weighted by Crippen LogP contribution is 2.29. The molecule has 1 N–H and O–H groups in total. The number of nitrogens with zero attached hydrogens (tertiary/aromatic N) is 1. The number of carbonyl (C=O) groups is 2. The Hall–Kier alpha value is -2.61. The Morgan fingerprint density at radius 1 is 1.44 bits per heavy atom. The second kappa shape index (κ2) is 4.72. The molecule has 0 bridgehead atoms. The minimum Gasteiger partial charge on any atom is -0.462 e. The molecular weight excluding hydrogens is 232 g/mol. The highest BCUT2D eigenvalue weighted by atomic mass is 16.5. The maximum absolute atomic E-state index is 12.0. The number of hydrogen-bond donors (Lipinski definition) is 1. The van der Waals surface area contributed by atoms with Gasteiger partial charge in [0.1, 0.15) is 11.8 Å². The lowest BCUT2D eigenvalue weighted by Gasteiger charge is -2.03. The van der Waals surface area contributed by atoms with Crippen molar-refractivity contribution >= 4 is 17.4 Å². The Morgan fingerprint density at radius 2 is 2.17 bits per heavy atom. The SMILES string of the molecule is CCOC(=O)C(C#N)=C1Nc2ccccc2C1=O. The molecule has 1 aliphatic heterocycles. The molecule has 0 radical (unpaired) electrons. The topological polar surface area (TPSA) is 79.2 Å². The zero-order valence-corrected chi connectivity index (χ0v) is 9.69. The van der Waals surface area contributed by atoms with Gasteiger partial charge in [-0.2, -0.15) is 5.26 Å². The summed E-state index contributed by atoms with van der Waals surface area (Å²) < 4.78 is 4.74. The van der Waals surface area contributed by atoms with Gasteiger partial charge in [-0.1, -0.05) is 12.1 Å². The van der Waals surface area contributed by atoms with Crippen molar-refractivity contribution in [3.05, 3.63) is 41.1 Å². The smallest absolute Gasteiger partial charge is 0.351 e. The van der Waals surface area contributed by atoms with Crippen molar-refractivity contribution in [3.8, 4) is 6.07 Å². The number of fused-ring (bicyclic) bond motifs is 1. The van der Waals surface area contributed by atoms with Crippen LogP contribution in [-0.2, 0) is 9.53 Å². The normalized spacial score (nSPS) is 15.4. The molecule has 0 spiro atoms. The fraction of sp³-hybridized carbons (Fsp3) is 0.154. The average molecular weight is 242 g/mol. The van der Waals surface area contributed by atoms with E-state index in [1.807, 2.05) is 0 Å². The number of ether oxygens (including phenoxy) is 1. The summed E-state index contributed by atoms with van der Waals surface area (Å²) in [4.78, 5) is 23.6. The van der Waals surface area contributed by atoms with Crippen LogP contribution in [-0.4, -0.2) is 18.4 Å². The van der Waals surface area contributed by atoms with E-state index in [0.717, 1.165) is 0 Å². The second-order valence-corrected chi connectivity index (χ2v) is 3.58. The van der Waals surface area contributed by atoms with Crippen LogP contribution >= 0.6 is 0 Å². The van der Waals surface area contributed by atoms with Crippen LogP contribution in [0, 0.1) is 11.3 Å². The lowest BCUT2D eigenvalue weighted by atomic mass is 10.1. The molecule has 2 rings (SSSR count). The maximum atomic E-state index is 12.0. The fourth-order valence-electron chi connectivity index (χ4n) is 1.70. The highest BCUT2D eigenvalue weighted by molar-refractivity contribution is 6.22. The lowest BCUT2D eigenvalue weighted by Crippen LogP contribution is -2.14. The second-order valence-electron chi connectivity index (χ2n) is 3.58. The van der Waals surface area contributed by atoms with Crippen molar-refractivity contribution in [2.75, 3.05) is 11.9 Å². The molecule has 0 amide bonds. The van der Waals surface area contributed by atoms with Gasteiger partial charge in [-0.05, 0) is 19.1 Å². The molecule has 0 unspecified atom stereocenters. The molecule has 0 saturated carbocycles. The molecule has 0 aromatic heterocycles. The Kier molecular flexibility index (Phi) is 3.11. The number of nitriles is 1. The molecule has 0 atom stereocenters. The van der Waals surface area contributed by atoms with Gasteiger partial charge >= 0.3 is 5.97 Å². The van der Waals surface area contributed by atoms with Crippen LogP contribution in [0.15, 0.2) is 35.5 Å². The number of para-hydroxylation sites is 1. The maximum Gasteiger partial charge on any atom is 0.351 e. The van der Waals surface area contributed by atoms with Crippen LogP contribution in [0.25, 0.3) is 0 Å². The van der Waals surface area contributed by atoms with E-state index in [0.29, 0.717) is 11.3 Å².